The van der Waals surface area contributed by atoms with Crippen LogP contribution in [-0.4, -0.2) is 21.2 Å². The van der Waals surface area contributed by atoms with Gasteiger partial charge in [0.2, 0.25) is 5.91 Å². The fraction of sp³-hybridized carbons (Fsp3) is 0.188. The zero-order valence-corrected chi connectivity index (χ0v) is 13.4. The second-order valence-electron chi connectivity index (χ2n) is 4.98. The SMILES string of the molecule is Cc1ccc2cc(NC(=O)CBr)c3ccc(C)nc3c2n1. The highest BCUT2D eigenvalue weighted by molar-refractivity contribution is 9.09. The number of aromatic nitrogens is 2. The Bertz CT molecular complexity index is 861. The Morgan fingerprint density at radius 2 is 1.76 bits per heavy atom. The zero-order valence-electron chi connectivity index (χ0n) is 11.8. The van der Waals surface area contributed by atoms with Crippen LogP contribution in [0.15, 0.2) is 30.3 Å². The summed E-state index contributed by atoms with van der Waals surface area (Å²) in [5, 5.41) is 5.04. The van der Waals surface area contributed by atoms with Crippen molar-refractivity contribution < 1.29 is 4.79 Å². The third-order valence-electron chi connectivity index (χ3n) is 3.31. The van der Waals surface area contributed by atoms with Crippen molar-refractivity contribution >= 4 is 49.3 Å². The lowest BCUT2D eigenvalue weighted by atomic mass is 10.1. The summed E-state index contributed by atoms with van der Waals surface area (Å²) in [5.41, 5.74) is 4.33. The van der Waals surface area contributed by atoms with Crippen molar-refractivity contribution in [1.29, 1.82) is 0 Å². The Morgan fingerprint density at radius 3 is 2.48 bits per heavy atom. The van der Waals surface area contributed by atoms with Crippen molar-refractivity contribution in [3.63, 3.8) is 0 Å². The van der Waals surface area contributed by atoms with Gasteiger partial charge in [0.05, 0.1) is 22.1 Å². The number of hydrogen-bond donors (Lipinski definition) is 1. The topological polar surface area (TPSA) is 54.9 Å². The normalized spacial score (nSPS) is 11.0. The molecule has 0 aliphatic rings. The monoisotopic (exact) mass is 343 g/mol. The first kappa shape index (κ1) is 13.9. The van der Waals surface area contributed by atoms with Gasteiger partial charge < -0.3 is 5.32 Å². The van der Waals surface area contributed by atoms with Crippen LogP contribution in [-0.2, 0) is 4.79 Å². The standard InChI is InChI=1S/C16H14BrN3O/c1-9-3-5-11-7-13(20-14(21)8-17)12-6-4-10(2)19-16(12)15(11)18-9/h3-7H,8H2,1-2H3,(H,20,21). The molecule has 5 heteroatoms. The molecular formula is C16H14BrN3O. The van der Waals surface area contributed by atoms with Gasteiger partial charge in [-0.25, -0.2) is 0 Å². The van der Waals surface area contributed by atoms with E-state index >= 15 is 0 Å². The van der Waals surface area contributed by atoms with Gasteiger partial charge in [-0.3, -0.25) is 14.8 Å². The Balaban J connectivity index is 2.36. The van der Waals surface area contributed by atoms with Gasteiger partial charge in [-0.1, -0.05) is 22.0 Å². The molecule has 2 aromatic heterocycles. The lowest BCUT2D eigenvalue weighted by molar-refractivity contribution is -0.113. The van der Waals surface area contributed by atoms with E-state index in [0.717, 1.165) is 38.9 Å². The van der Waals surface area contributed by atoms with Crippen molar-refractivity contribution in [2.24, 2.45) is 0 Å². The van der Waals surface area contributed by atoms with Crippen molar-refractivity contribution in [1.82, 2.24) is 9.97 Å². The first-order chi connectivity index (χ1) is 10.1. The van der Waals surface area contributed by atoms with Gasteiger partial charge in [0.1, 0.15) is 0 Å². The fourth-order valence-electron chi connectivity index (χ4n) is 2.35. The molecule has 0 saturated carbocycles. The minimum Gasteiger partial charge on any atom is -0.325 e. The number of carbonyl (C=O) groups is 1. The second kappa shape index (κ2) is 5.41. The van der Waals surface area contributed by atoms with Crippen LogP contribution in [0, 0.1) is 13.8 Å². The number of nitrogens with zero attached hydrogens (tertiary/aromatic N) is 2. The van der Waals surface area contributed by atoms with E-state index in [9.17, 15) is 4.79 Å². The van der Waals surface area contributed by atoms with Crippen LogP contribution in [0.4, 0.5) is 5.69 Å². The summed E-state index contributed by atoms with van der Waals surface area (Å²) in [6.45, 7) is 3.91. The fourth-order valence-corrected chi connectivity index (χ4v) is 2.49. The smallest absolute Gasteiger partial charge is 0.235 e. The number of hydrogen-bond acceptors (Lipinski definition) is 3. The molecule has 0 aliphatic carbocycles. The molecule has 106 valence electrons. The number of amides is 1. The van der Waals surface area contributed by atoms with Gasteiger partial charge in [-0.15, -0.1) is 0 Å². The van der Waals surface area contributed by atoms with E-state index in [1.54, 1.807) is 0 Å². The minimum atomic E-state index is -0.0868. The van der Waals surface area contributed by atoms with Crippen LogP contribution >= 0.6 is 15.9 Å². The number of carbonyl (C=O) groups excluding carboxylic acids is 1. The van der Waals surface area contributed by atoms with Crippen molar-refractivity contribution in [2.45, 2.75) is 13.8 Å². The maximum atomic E-state index is 11.7. The van der Waals surface area contributed by atoms with Crippen molar-refractivity contribution in [2.75, 3.05) is 10.6 Å². The molecule has 1 N–H and O–H groups in total. The largest absolute Gasteiger partial charge is 0.325 e. The van der Waals surface area contributed by atoms with E-state index in [2.05, 4.69) is 31.2 Å². The number of alkyl halides is 1. The first-order valence-electron chi connectivity index (χ1n) is 6.62. The molecule has 0 fully saturated rings. The molecule has 0 bridgehead atoms. The number of fused-ring (bicyclic) bond motifs is 3. The molecule has 0 aliphatic heterocycles. The Hall–Kier alpha value is -2.01. The molecule has 3 rings (SSSR count). The summed E-state index contributed by atoms with van der Waals surface area (Å²) in [4.78, 5) is 20.9. The molecule has 1 amide bonds. The minimum absolute atomic E-state index is 0.0868. The number of benzene rings is 1. The summed E-state index contributed by atoms with van der Waals surface area (Å²) in [5.74, 6) is -0.0868. The highest BCUT2D eigenvalue weighted by Crippen LogP contribution is 2.30. The van der Waals surface area contributed by atoms with E-state index in [-0.39, 0.29) is 11.2 Å². The molecule has 2 heterocycles. The van der Waals surface area contributed by atoms with Crippen LogP contribution in [0.1, 0.15) is 11.4 Å². The van der Waals surface area contributed by atoms with Crippen molar-refractivity contribution in [3.8, 4) is 0 Å². The third kappa shape index (κ3) is 2.61. The Kier molecular flexibility index (Phi) is 3.59. The summed E-state index contributed by atoms with van der Waals surface area (Å²) < 4.78 is 0. The van der Waals surface area contributed by atoms with Gasteiger partial charge in [0.15, 0.2) is 0 Å². The summed E-state index contributed by atoms with van der Waals surface area (Å²) in [6, 6.07) is 9.82. The Morgan fingerprint density at radius 1 is 1.10 bits per heavy atom. The number of pyridine rings is 2. The van der Waals surface area contributed by atoms with Crippen LogP contribution < -0.4 is 5.32 Å². The second-order valence-corrected chi connectivity index (χ2v) is 5.54. The van der Waals surface area contributed by atoms with Gasteiger partial charge in [-0.2, -0.15) is 0 Å². The molecule has 4 nitrogen and oxygen atoms in total. The average Bonchev–Trinajstić information content (AvgIpc) is 2.47. The first-order valence-corrected chi connectivity index (χ1v) is 7.74. The quantitative estimate of drug-likeness (QED) is 0.569. The highest BCUT2D eigenvalue weighted by Gasteiger charge is 2.11. The lowest BCUT2D eigenvalue weighted by Gasteiger charge is -2.11. The molecule has 0 spiro atoms. The van der Waals surface area contributed by atoms with Crippen LogP contribution in [0.25, 0.3) is 21.8 Å². The molecule has 21 heavy (non-hydrogen) atoms. The summed E-state index contributed by atoms with van der Waals surface area (Å²) in [6.07, 6.45) is 0. The predicted octanol–water partition coefficient (Wildman–Crippen LogP) is 3.73. The van der Waals surface area contributed by atoms with Crippen LogP contribution in [0.5, 0.6) is 0 Å². The molecular weight excluding hydrogens is 330 g/mol. The lowest BCUT2D eigenvalue weighted by Crippen LogP contribution is -2.12. The molecule has 1 aromatic carbocycles. The Labute approximate surface area is 130 Å². The van der Waals surface area contributed by atoms with Gasteiger partial charge in [0, 0.05) is 22.2 Å². The van der Waals surface area contributed by atoms with Gasteiger partial charge in [-0.05, 0) is 38.1 Å². The van der Waals surface area contributed by atoms with Crippen LogP contribution in [0.2, 0.25) is 0 Å². The van der Waals surface area contributed by atoms with E-state index in [0.29, 0.717) is 0 Å². The summed E-state index contributed by atoms with van der Waals surface area (Å²) in [7, 11) is 0. The van der Waals surface area contributed by atoms with E-state index in [4.69, 9.17) is 0 Å². The predicted molar refractivity (Wildman–Crippen MR) is 88.9 cm³/mol. The van der Waals surface area contributed by atoms with Gasteiger partial charge in [0.25, 0.3) is 0 Å². The molecule has 3 aromatic rings. The number of rotatable bonds is 2. The maximum Gasteiger partial charge on any atom is 0.235 e. The number of nitrogens with one attached hydrogen (secondary N) is 1. The van der Waals surface area contributed by atoms with Crippen molar-refractivity contribution in [3.05, 3.63) is 41.7 Å². The summed E-state index contributed by atoms with van der Waals surface area (Å²) >= 11 is 3.17. The zero-order chi connectivity index (χ0) is 15.0. The molecule has 0 atom stereocenters. The number of halogens is 1. The van der Waals surface area contributed by atoms with E-state index < -0.39 is 0 Å². The van der Waals surface area contributed by atoms with Gasteiger partial charge >= 0.3 is 0 Å². The molecule has 0 saturated heterocycles. The van der Waals surface area contributed by atoms with E-state index in [1.165, 1.54) is 0 Å². The number of anilines is 1. The number of aryl methyl sites for hydroxylation is 2. The third-order valence-corrected chi connectivity index (χ3v) is 3.82. The van der Waals surface area contributed by atoms with E-state index in [1.807, 2.05) is 44.2 Å². The van der Waals surface area contributed by atoms with Crippen LogP contribution in [0.3, 0.4) is 0 Å². The molecule has 0 radical (unpaired) electrons. The molecule has 0 unspecified atom stereocenters. The average molecular weight is 344 g/mol. The highest BCUT2D eigenvalue weighted by atomic mass is 79.9. The maximum absolute atomic E-state index is 11.7.